The van der Waals surface area contributed by atoms with Crippen LogP contribution < -0.4 is 4.74 Å². The number of hydrogen-bond acceptors (Lipinski definition) is 1. The maximum atomic E-state index is 12.8. The molecule has 0 saturated carbocycles. The highest BCUT2D eigenvalue weighted by molar-refractivity contribution is 5.30. The van der Waals surface area contributed by atoms with Gasteiger partial charge >= 0.3 is 0 Å². The lowest BCUT2D eigenvalue weighted by Crippen LogP contribution is -1.92. The smallest absolute Gasteiger partial charge is 0.130 e. The Balaban J connectivity index is 2.86. The number of ether oxygens (including phenoxy) is 1. The molecule has 11 heavy (non-hydrogen) atoms. The van der Waals surface area contributed by atoms with Gasteiger partial charge in [0, 0.05) is 6.07 Å². The number of hydrogen-bond donors (Lipinski definition) is 0. The molecule has 1 aromatic carbocycles. The predicted octanol–water partition coefficient (Wildman–Crippen LogP) is 2.41. The highest BCUT2D eigenvalue weighted by Gasteiger charge is 1.98. The van der Waals surface area contributed by atoms with Crippen molar-refractivity contribution in [1.29, 1.82) is 0 Å². The molecule has 2 heteroatoms. The monoisotopic (exact) mass is 153 g/mol. The lowest BCUT2D eigenvalue weighted by atomic mass is 10.2. The first kappa shape index (κ1) is 8.05. The summed E-state index contributed by atoms with van der Waals surface area (Å²) in [5, 5.41) is 0. The van der Waals surface area contributed by atoms with E-state index >= 15 is 0 Å². The number of rotatable bonds is 2. The number of halogens is 1. The fourth-order valence-corrected chi connectivity index (χ4v) is 0.784. The highest BCUT2D eigenvalue weighted by Crippen LogP contribution is 2.15. The normalized spacial score (nSPS) is 9.73. The van der Waals surface area contributed by atoms with E-state index in [-0.39, 0.29) is 5.82 Å². The molecule has 0 aliphatic rings. The first-order valence-electron chi connectivity index (χ1n) is 3.48. The molecule has 0 aliphatic carbocycles. The van der Waals surface area contributed by atoms with Crippen LogP contribution in [0.5, 0.6) is 5.75 Å². The van der Waals surface area contributed by atoms with Gasteiger partial charge in [-0.2, -0.15) is 0 Å². The maximum absolute atomic E-state index is 12.8. The van der Waals surface area contributed by atoms with Crippen molar-refractivity contribution in [3.05, 3.63) is 36.5 Å². The molecular weight excluding hydrogens is 143 g/mol. The Labute approximate surface area is 65.8 Å². The van der Waals surface area contributed by atoms with Crippen molar-refractivity contribution in [2.24, 2.45) is 0 Å². The fraction of sp³-hybridized carbons (Fsp3) is 0.222. The average Bonchev–Trinajstić information content (AvgIpc) is 1.98. The van der Waals surface area contributed by atoms with E-state index in [4.69, 9.17) is 4.74 Å². The Morgan fingerprint density at radius 1 is 1.55 bits per heavy atom. The van der Waals surface area contributed by atoms with Gasteiger partial charge in [-0.15, -0.1) is 0 Å². The van der Waals surface area contributed by atoms with Crippen LogP contribution in [-0.4, -0.2) is 6.61 Å². The van der Waals surface area contributed by atoms with E-state index < -0.39 is 0 Å². The summed E-state index contributed by atoms with van der Waals surface area (Å²) >= 11 is 0. The molecule has 1 radical (unpaired) electrons. The van der Waals surface area contributed by atoms with E-state index in [9.17, 15) is 4.39 Å². The second-order valence-corrected chi connectivity index (χ2v) is 2.19. The van der Waals surface area contributed by atoms with Crippen LogP contribution in [0.1, 0.15) is 12.5 Å². The summed E-state index contributed by atoms with van der Waals surface area (Å²) in [4.78, 5) is 0. The van der Waals surface area contributed by atoms with Crippen molar-refractivity contribution < 1.29 is 9.13 Å². The Kier molecular flexibility index (Phi) is 2.47. The molecule has 0 fully saturated rings. The van der Waals surface area contributed by atoms with Gasteiger partial charge in [0.15, 0.2) is 0 Å². The first-order valence-corrected chi connectivity index (χ1v) is 3.48. The third-order valence-electron chi connectivity index (χ3n) is 1.34. The minimum Gasteiger partial charge on any atom is -0.494 e. The molecule has 1 aromatic rings. The summed E-state index contributed by atoms with van der Waals surface area (Å²) in [7, 11) is 0. The van der Waals surface area contributed by atoms with Crippen LogP contribution >= 0.6 is 0 Å². The largest absolute Gasteiger partial charge is 0.494 e. The van der Waals surface area contributed by atoms with Gasteiger partial charge < -0.3 is 4.74 Å². The predicted molar refractivity (Wildman–Crippen MR) is 42.0 cm³/mol. The third-order valence-corrected chi connectivity index (χ3v) is 1.34. The Morgan fingerprint density at radius 2 is 2.27 bits per heavy atom. The summed E-state index contributed by atoms with van der Waals surface area (Å²) in [5.41, 5.74) is 0.397. The molecule has 0 aromatic heterocycles. The van der Waals surface area contributed by atoms with Crippen LogP contribution in [0.25, 0.3) is 0 Å². The molecule has 0 saturated heterocycles. The van der Waals surface area contributed by atoms with Gasteiger partial charge in [-0.25, -0.2) is 4.39 Å². The topological polar surface area (TPSA) is 9.23 Å². The Hall–Kier alpha value is -1.05. The minimum absolute atomic E-state index is 0.323. The standard InChI is InChI=1S/C9H10FO/c1-3-11-8-5-4-7(2)9(10)6-8/h4-6H,2-3H2,1H3. The summed E-state index contributed by atoms with van der Waals surface area (Å²) in [5.74, 6) is 0.230. The van der Waals surface area contributed by atoms with Gasteiger partial charge in [0.25, 0.3) is 0 Å². The van der Waals surface area contributed by atoms with Crippen molar-refractivity contribution in [2.75, 3.05) is 6.61 Å². The van der Waals surface area contributed by atoms with Crippen LogP contribution in [-0.2, 0) is 0 Å². The van der Waals surface area contributed by atoms with Crippen LogP contribution in [0.2, 0.25) is 0 Å². The van der Waals surface area contributed by atoms with Gasteiger partial charge in [0.2, 0.25) is 0 Å². The van der Waals surface area contributed by atoms with Crippen LogP contribution in [0, 0.1) is 12.7 Å². The zero-order valence-corrected chi connectivity index (χ0v) is 6.43. The molecule has 59 valence electrons. The Morgan fingerprint density at radius 3 is 2.82 bits per heavy atom. The molecule has 1 nitrogen and oxygen atoms in total. The minimum atomic E-state index is -0.323. The number of benzene rings is 1. The van der Waals surface area contributed by atoms with Crippen LogP contribution in [0.4, 0.5) is 4.39 Å². The van der Waals surface area contributed by atoms with E-state index in [2.05, 4.69) is 6.92 Å². The van der Waals surface area contributed by atoms with Crippen molar-refractivity contribution in [2.45, 2.75) is 6.92 Å². The molecule has 0 unspecified atom stereocenters. The van der Waals surface area contributed by atoms with Crippen molar-refractivity contribution in [3.8, 4) is 5.75 Å². The second kappa shape index (κ2) is 3.37. The summed E-state index contributed by atoms with van der Waals surface area (Å²) < 4.78 is 17.8. The van der Waals surface area contributed by atoms with Gasteiger partial charge in [0.05, 0.1) is 6.61 Å². The highest BCUT2D eigenvalue weighted by atomic mass is 19.1. The fourth-order valence-electron chi connectivity index (χ4n) is 0.784. The van der Waals surface area contributed by atoms with Crippen LogP contribution in [0.3, 0.4) is 0 Å². The van der Waals surface area contributed by atoms with Crippen molar-refractivity contribution >= 4 is 0 Å². The van der Waals surface area contributed by atoms with Crippen LogP contribution in [0.15, 0.2) is 18.2 Å². The van der Waals surface area contributed by atoms with Gasteiger partial charge in [-0.05, 0) is 25.5 Å². The molecule has 0 N–H and O–H groups in total. The van der Waals surface area contributed by atoms with E-state index in [1.165, 1.54) is 6.07 Å². The van der Waals surface area contributed by atoms with E-state index in [0.29, 0.717) is 17.9 Å². The van der Waals surface area contributed by atoms with Crippen molar-refractivity contribution in [3.63, 3.8) is 0 Å². The molecule has 1 rings (SSSR count). The van der Waals surface area contributed by atoms with Gasteiger partial charge in [-0.3, -0.25) is 0 Å². The van der Waals surface area contributed by atoms with E-state index in [0.717, 1.165) is 0 Å². The molecule has 0 heterocycles. The lowest BCUT2D eigenvalue weighted by Gasteiger charge is -2.02. The van der Waals surface area contributed by atoms with E-state index in [1.807, 2.05) is 6.92 Å². The lowest BCUT2D eigenvalue weighted by molar-refractivity contribution is 0.338. The summed E-state index contributed by atoms with van der Waals surface area (Å²) in [6.07, 6.45) is 0. The molecular formula is C9H10FO. The average molecular weight is 153 g/mol. The third kappa shape index (κ3) is 1.93. The molecule has 0 amide bonds. The maximum Gasteiger partial charge on any atom is 0.130 e. The SMILES string of the molecule is [CH2]c1ccc(OCC)cc1F. The molecule has 0 aliphatic heterocycles. The zero-order valence-electron chi connectivity index (χ0n) is 6.43. The summed E-state index contributed by atoms with van der Waals surface area (Å²) in [6.45, 7) is 5.90. The Bertz CT molecular complexity index is 245. The second-order valence-electron chi connectivity index (χ2n) is 2.19. The summed E-state index contributed by atoms with van der Waals surface area (Å²) in [6, 6.07) is 4.64. The first-order chi connectivity index (χ1) is 5.24. The van der Waals surface area contributed by atoms with E-state index in [1.54, 1.807) is 12.1 Å². The zero-order chi connectivity index (χ0) is 8.27. The molecule has 0 spiro atoms. The molecule has 0 atom stereocenters. The van der Waals surface area contributed by atoms with Gasteiger partial charge in [0.1, 0.15) is 11.6 Å². The van der Waals surface area contributed by atoms with Gasteiger partial charge in [-0.1, -0.05) is 6.07 Å². The quantitative estimate of drug-likeness (QED) is 0.634. The van der Waals surface area contributed by atoms with Crippen molar-refractivity contribution in [1.82, 2.24) is 0 Å². The molecule has 0 bridgehead atoms.